The van der Waals surface area contributed by atoms with Crippen LogP contribution in [-0.4, -0.2) is 42.8 Å². The van der Waals surface area contributed by atoms with Gasteiger partial charge in [-0.1, -0.05) is 30.3 Å². The monoisotopic (exact) mass is 248 g/mol. The maximum Gasteiger partial charge on any atom is 0.0678 e. The zero-order valence-electron chi connectivity index (χ0n) is 11.4. The summed E-state index contributed by atoms with van der Waals surface area (Å²) < 4.78 is 5.73. The van der Waals surface area contributed by atoms with Crippen molar-refractivity contribution in [3.05, 3.63) is 35.9 Å². The predicted molar refractivity (Wildman–Crippen MR) is 74.6 cm³/mol. The van der Waals surface area contributed by atoms with Crippen LogP contribution in [-0.2, 0) is 11.2 Å². The maximum atomic E-state index is 6.24. The molecule has 2 N–H and O–H groups in total. The Labute approximate surface area is 110 Å². The summed E-state index contributed by atoms with van der Waals surface area (Å²) in [7, 11) is 0. The number of nitrogens with two attached hydrogens (primary N) is 1. The minimum atomic E-state index is 0.199. The Morgan fingerprint density at radius 3 is 2.44 bits per heavy atom. The largest absolute Gasteiger partial charge is 0.373 e. The van der Waals surface area contributed by atoms with Gasteiger partial charge in [-0.05, 0) is 25.8 Å². The third-order valence-electron chi connectivity index (χ3n) is 3.33. The van der Waals surface area contributed by atoms with Crippen LogP contribution in [0.3, 0.4) is 0 Å². The van der Waals surface area contributed by atoms with Crippen molar-refractivity contribution in [2.75, 3.05) is 19.6 Å². The lowest BCUT2D eigenvalue weighted by Gasteiger charge is -2.36. The minimum absolute atomic E-state index is 0.199. The van der Waals surface area contributed by atoms with Gasteiger partial charge in [0.2, 0.25) is 0 Å². The molecular formula is C15H24N2O. The molecule has 1 heterocycles. The third kappa shape index (κ3) is 4.09. The lowest BCUT2D eigenvalue weighted by molar-refractivity contribution is -0.0690. The Bertz CT molecular complexity index is 345. The molecule has 0 aliphatic carbocycles. The highest BCUT2D eigenvalue weighted by Gasteiger charge is 2.23. The van der Waals surface area contributed by atoms with Gasteiger partial charge in [-0.3, -0.25) is 4.90 Å². The zero-order chi connectivity index (χ0) is 13.0. The van der Waals surface area contributed by atoms with Crippen molar-refractivity contribution in [2.24, 2.45) is 5.73 Å². The average Bonchev–Trinajstić information content (AvgIpc) is 2.28. The number of nitrogens with zero attached hydrogens (tertiary/aromatic N) is 1. The summed E-state index contributed by atoms with van der Waals surface area (Å²) in [5.41, 5.74) is 7.56. The third-order valence-corrected chi connectivity index (χ3v) is 3.33. The van der Waals surface area contributed by atoms with E-state index < -0.39 is 0 Å². The van der Waals surface area contributed by atoms with Gasteiger partial charge >= 0.3 is 0 Å². The first-order valence-electron chi connectivity index (χ1n) is 6.81. The number of hydrogen-bond donors (Lipinski definition) is 1. The molecule has 1 aromatic carbocycles. The summed E-state index contributed by atoms with van der Waals surface area (Å²) in [5, 5.41) is 0. The molecule has 1 fully saturated rings. The van der Waals surface area contributed by atoms with E-state index in [4.69, 9.17) is 10.5 Å². The molecule has 1 aliphatic heterocycles. The number of ether oxygens (including phenoxy) is 1. The van der Waals surface area contributed by atoms with E-state index in [0.29, 0.717) is 12.2 Å². The molecule has 3 nitrogen and oxygen atoms in total. The standard InChI is InChI=1S/C15H24N2O/c1-12-9-17(10-13(2)18-12)11-15(16)8-14-6-4-3-5-7-14/h3-7,12-13,15H,8-11,16H2,1-2H3/t12-,13+,15-/m0/s1. The normalized spacial score (nSPS) is 27.1. The first-order valence-corrected chi connectivity index (χ1v) is 6.81. The van der Waals surface area contributed by atoms with Crippen LogP contribution in [0.2, 0.25) is 0 Å². The Hall–Kier alpha value is -0.900. The number of rotatable bonds is 4. The van der Waals surface area contributed by atoms with E-state index in [9.17, 15) is 0 Å². The van der Waals surface area contributed by atoms with E-state index in [1.807, 2.05) is 6.07 Å². The van der Waals surface area contributed by atoms with Gasteiger partial charge < -0.3 is 10.5 Å². The lowest BCUT2D eigenvalue weighted by Crippen LogP contribution is -2.49. The van der Waals surface area contributed by atoms with E-state index in [1.165, 1.54) is 5.56 Å². The van der Waals surface area contributed by atoms with Crippen molar-refractivity contribution in [1.82, 2.24) is 4.90 Å². The molecule has 1 aliphatic rings. The van der Waals surface area contributed by atoms with Crippen LogP contribution in [0.15, 0.2) is 30.3 Å². The molecule has 0 spiro atoms. The van der Waals surface area contributed by atoms with E-state index in [-0.39, 0.29) is 6.04 Å². The van der Waals surface area contributed by atoms with Crippen molar-refractivity contribution < 1.29 is 4.74 Å². The van der Waals surface area contributed by atoms with Crippen LogP contribution in [0.5, 0.6) is 0 Å². The predicted octanol–water partition coefficient (Wildman–Crippen LogP) is 1.67. The van der Waals surface area contributed by atoms with Crippen LogP contribution in [0.1, 0.15) is 19.4 Å². The Kier molecular flexibility index (Phi) is 4.75. The summed E-state index contributed by atoms with van der Waals surface area (Å²) in [5.74, 6) is 0. The summed E-state index contributed by atoms with van der Waals surface area (Å²) in [6, 6.07) is 10.7. The molecule has 0 unspecified atom stereocenters. The van der Waals surface area contributed by atoms with Gasteiger partial charge in [-0.15, -0.1) is 0 Å². The Morgan fingerprint density at radius 2 is 1.83 bits per heavy atom. The SMILES string of the molecule is C[C@@H]1CN(C[C@@H](N)Cc2ccccc2)C[C@H](C)O1. The van der Waals surface area contributed by atoms with Crippen LogP contribution in [0.4, 0.5) is 0 Å². The van der Waals surface area contributed by atoms with Gasteiger partial charge in [-0.2, -0.15) is 0 Å². The van der Waals surface area contributed by atoms with E-state index in [1.54, 1.807) is 0 Å². The molecule has 0 bridgehead atoms. The molecular weight excluding hydrogens is 224 g/mol. The Morgan fingerprint density at radius 1 is 1.22 bits per heavy atom. The molecule has 2 rings (SSSR count). The maximum absolute atomic E-state index is 6.24. The molecule has 100 valence electrons. The summed E-state index contributed by atoms with van der Waals surface area (Å²) in [4.78, 5) is 2.42. The van der Waals surface area contributed by atoms with Crippen LogP contribution < -0.4 is 5.73 Å². The first-order chi connectivity index (χ1) is 8.63. The smallest absolute Gasteiger partial charge is 0.0678 e. The second kappa shape index (κ2) is 6.32. The van der Waals surface area contributed by atoms with Crippen molar-refractivity contribution in [3.8, 4) is 0 Å². The zero-order valence-corrected chi connectivity index (χ0v) is 11.4. The molecule has 3 atom stereocenters. The van der Waals surface area contributed by atoms with Gasteiger partial charge in [0.15, 0.2) is 0 Å². The van der Waals surface area contributed by atoms with Crippen molar-refractivity contribution in [3.63, 3.8) is 0 Å². The topological polar surface area (TPSA) is 38.5 Å². The number of hydrogen-bond acceptors (Lipinski definition) is 3. The minimum Gasteiger partial charge on any atom is -0.373 e. The molecule has 0 amide bonds. The summed E-state index contributed by atoms with van der Waals surface area (Å²) >= 11 is 0. The highest BCUT2D eigenvalue weighted by molar-refractivity contribution is 5.15. The Balaban J connectivity index is 1.82. The van der Waals surface area contributed by atoms with Gasteiger partial charge in [0.05, 0.1) is 12.2 Å². The molecule has 0 saturated carbocycles. The summed E-state index contributed by atoms with van der Waals surface area (Å²) in [6.07, 6.45) is 1.58. The fourth-order valence-electron chi connectivity index (χ4n) is 2.75. The highest BCUT2D eigenvalue weighted by Crippen LogP contribution is 2.11. The van der Waals surface area contributed by atoms with E-state index in [2.05, 4.69) is 43.0 Å². The fraction of sp³-hybridized carbons (Fsp3) is 0.600. The van der Waals surface area contributed by atoms with E-state index in [0.717, 1.165) is 26.1 Å². The molecule has 1 saturated heterocycles. The van der Waals surface area contributed by atoms with Crippen LogP contribution in [0.25, 0.3) is 0 Å². The van der Waals surface area contributed by atoms with Crippen LogP contribution in [0, 0.1) is 0 Å². The lowest BCUT2D eigenvalue weighted by atomic mass is 10.1. The molecule has 3 heteroatoms. The second-order valence-electron chi connectivity index (χ2n) is 5.43. The number of benzene rings is 1. The number of morpholine rings is 1. The highest BCUT2D eigenvalue weighted by atomic mass is 16.5. The van der Waals surface area contributed by atoms with Crippen molar-refractivity contribution in [1.29, 1.82) is 0 Å². The molecule has 0 aromatic heterocycles. The van der Waals surface area contributed by atoms with Gasteiger partial charge in [0, 0.05) is 25.7 Å². The van der Waals surface area contributed by atoms with Gasteiger partial charge in [0.25, 0.3) is 0 Å². The fourth-order valence-corrected chi connectivity index (χ4v) is 2.75. The summed E-state index contributed by atoms with van der Waals surface area (Å²) in [6.45, 7) is 7.20. The average molecular weight is 248 g/mol. The molecule has 18 heavy (non-hydrogen) atoms. The second-order valence-corrected chi connectivity index (χ2v) is 5.43. The quantitative estimate of drug-likeness (QED) is 0.881. The van der Waals surface area contributed by atoms with E-state index >= 15 is 0 Å². The van der Waals surface area contributed by atoms with Crippen LogP contribution >= 0.6 is 0 Å². The van der Waals surface area contributed by atoms with Gasteiger partial charge in [-0.25, -0.2) is 0 Å². The first kappa shape index (κ1) is 13.5. The van der Waals surface area contributed by atoms with Gasteiger partial charge in [0.1, 0.15) is 0 Å². The van der Waals surface area contributed by atoms with Crippen molar-refractivity contribution in [2.45, 2.75) is 38.5 Å². The van der Waals surface area contributed by atoms with Crippen molar-refractivity contribution >= 4 is 0 Å². The molecule has 0 radical (unpaired) electrons. The molecule has 1 aromatic rings.